The van der Waals surface area contributed by atoms with Crippen molar-refractivity contribution in [3.63, 3.8) is 0 Å². The number of ether oxygens (including phenoxy) is 2. The third-order valence-corrected chi connectivity index (χ3v) is 9.93. The molecule has 0 bridgehead atoms. The van der Waals surface area contributed by atoms with Gasteiger partial charge in [-0.2, -0.15) is 0 Å². The van der Waals surface area contributed by atoms with Crippen LogP contribution < -0.4 is 4.74 Å². The number of carbonyl (C=O) groups is 3. The third-order valence-electron chi connectivity index (χ3n) is 5.57. The number of hydrogen-bond acceptors (Lipinski definition) is 5. The van der Waals surface area contributed by atoms with Crippen molar-refractivity contribution in [2.24, 2.45) is 0 Å². The quantitative estimate of drug-likeness (QED) is 0.404. The van der Waals surface area contributed by atoms with Crippen molar-refractivity contribution in [2.45, 2.75) is 27.0 Å². The summed E-state index contributed by atoms with van der Waals surface area (Å²) < 4.78 is 10.3. The number of rotatable bonds is 8. The van der Waals surface area contributed by atoms with Crippen LogP contribution in [0.2, 0.25) is 0 Å². The van der Waals surface area contributed by atoms with E-state index in [4.69, 9.17) is 25.3 Å². The molecule has 1 unspecified atom stereocenters. The molecule has 1 aliphatic rings. The largest absolute Gasteiger partial charge is 0.496 e. The maximum atomic E-state index is 12.7. The smallest absolute Gasteiger partial charge is 0.341 e. The summed E-state index contributed by atoms with van der Waals surface area (Å²) in [7, 11) is 6.62. The Morgan fingerprint density at radius 2 is 1.50 bits per heavy atom. The summed E-state index contributed by atoms with van der Waals surface area (Å²) >= 11 is 0. The van der Waals surface area contributed by atoms with Crippen molar-refractivity contribution in [2.75, 3.05) is 13.7 Å². The molecule has 0 radical (unpaired) electrons. The molecule has 0 amide bonds. The number of carboxylic acids is 2. The average Bonchev–Trinajstić information content (AvgIpc) is 3.10. The van der Waals surface area contributed by atoms with Gasteiger partial charge in [0, 0.05) is 20.2 Å². The Labute approximate surface area is 201 Å². The van der Waals surface area contributed by atoms with Gasteiger partial charge in [0.1, 0.15) is 5.75 Å². The molecule has 0 saturated heterocycles. The third kappa shape index (κ3) is 4.10. The molecule has 176 valence electrons. The Kier molecular flexibility index (Phi) is 6.54. The van der Waals surface area contributed by atoms with E-state index in [-0.39, 0.29) is 11.3 Å². The molecule has 3 aromatic carbocycles. The molecular weight excluding hydrogens is 480 g/mol. The highest BCUT2D eigenvalue weighted by atomic mass is 35.7. The highest BCUT2D eigenvalue weighted by Crippen LogP contribution is 2.79. The number of carboxylic acid groups (broad SMARTS) is 2. The Morgan fingerprint density at radius 1 is 0.912 bits per heavy atom. The Morgan fingerprint density at radius 3 is 2.03 bits per heavy atom. The van der Waals surface area contributed by atoms with Crippen molar-refractivity contribution >= 4 is 37.8 Å². The zero-order chi connectivity index (χ0) is 24.5. The van der Waals surface area contributed by atoms with Crippen molar-refractivity contribution in [3.05, 3.63) is 72.3 Å². The van der Waals surface area contributed by atoms with Crippen molar-refractivity contribution < 1.29 is 34.1 Å². The molecule has 0 spiro atoms. The van der Waals surface area contributed by atoms with Gasteiger partial charge in [-0.3, -0.25) is 9.59 Å². The molecule has 0 saturated carbocycles. The first-order valence-corrected chi connectivity index (χ1v) is 12.7. The van der Waals surface area contributed by atoms with Crippen LogP contribution >= 0.6 is 19.9 Å². The fraction of sp³-hybridized carbons (Fsp3) is 0.160. The van der Waals surface area contributed by atoms with Crippen LogP contribution in [-0.2, 0) is 19.1 Å². The van der Waals surface area contributed by atoms with Gasteiger partial charge in [-0.05, 0) is 41.5 Å². The highest BCUT2D eigenvalue weighted by molar-refractivity contribution is 8.51. The van der Waals surface area contributed by atoms with E-state index in [1.54, 1.807) is 12.1 Å². The fourth-order valence-corrected chi connectivity index (χ4v) is 8.01. The first-order valence-electron chi connectivity index (χ1n) is 10.3. The average molecular weight is 501 g/mol. The number of hydrogen-bond donors (Lipinski definition) is 2. The normalized spacial score (nSPS) is 14.9. The van der Waals surface area contributed by atoms with Gasteiger partial charge in [-0.1, -0.05) is 56.3 Å². The molecular formula is C25H21ClO7S. The van der Waals surface area contributed by atoms with E-state index in [0.717, 1.165) is 20.9 Å². The van der Waals surface area contributed by atoms with E-state index in [0.29, 0.717) is 4.90 Å². The van der Waals surface area contributed by atoms with E-state index >= 15 is 0 Å². The first-order chi connectivity index (χ1) is 16.3. The lowest BCUT2D eigenvalue weighted by molar-refractivity contribution is -0.157. The van der Waals surface area contributed by atoms with Crippen molar-refractivity contribution in [1.82, 2.24) is 0 Å². The van der Waals surface area contributed by atoms with Crippen LogP contribution in [0, 0.1) is 0 Å². The van der Waals surface area contributed by atoms with Gasteiger partial charge < -0.3 is 19.7 Å². The van der Waals surface area contributed by atoms with Crippen molar-refractivity contribution in [1.29, 1.82) is 0 Å². The van der Waals surface area contributed by atoms with E-state index in [2.05, 4.69) is 0 Å². The molecule has 1 aliphatic heterocycles. The number of aliphatic carboxylic acids is 2. The molecule has 0 fully saturated rings. The summed E-state index contributed by atoms with van der Waals surface area (Å²) in [6.07, 6.45) is -0.601. The van der Waals surface area contributed by atoms with Gasteiger partial charge in [-0.15, -0.1) is 0 Å². The van der Waals surface area contributed by atoms with E-state index in [9.17, 15) is 19.5 Å². The van der Waals surface area contributed by atoms with Crippen LogP contribution in [0.25, 0.3) is 11.1 Å². The molecule has 0 aromatic heterocycles. The minimum Gasteiger partial charge on any atom is -0.496 e. The SMILES string of the molecule is COc1ccc(S2(Cl)c3ccccc3-c3ccccc32)cc1C(CC(=O)O)C(=O)OCC(=O)O. The van der Waals surface area contributed by atoms with Gasteiger partial charge in [0.05, 0.1) is 19.4 Å². The van der Waals surface area contributed by atoms with Crippen molar-refractivity contribution in [3.8, 4) is 16.9 Å². The molecule has 2 N–H and O–H groups in total. The maximum absolute atomic E-state index is 12.7. The molecule has 0 aliphatic carbocycles. The molecule has 3 aromatic rings. The maximum Gasteiger partial charge on any atom is 0.341 e. The number of benzene rings is 3. The van der Waals surface area contributed by atoms with E-state index in [1.807, 2.05) is 54.6 Å². The predicted molar refractivity (Wildman–Crippen MR) is 127 cm³/mol. The van der Waals surface area contributed by atoms with E-state index in [1.165, 1.54) is 7.11 Å². The van der Waals surface area contributed by atoms with Crippen LogP contribution in [0.4, 0.5) is 0 Å². The summed E-state index contributed by atoms with van der Waals surface area (Å²) in [6, 6.07) is 20.8. The standard InChI is InChI=1S/C25H21ClO7S/c1-32-20-11-10-15(12-18(20)19(13-23(27)28)25(31)33-14-24(29)30)34(26)21-8-4-2-6-16(21)17-7-3-5-9-22(17)34/h2-12,19H,13-14H2,1H3,(H,27,28)(H,29,30). The van der Waals surface area contributed by atoms with Crippen LogP contribution in [0.3, 0.4) is 0 Å². The summed E-state index contributed by atoms with van der Waals surface area (Å²) in [5.74, 6) is -4.55. The Hall–Kier alpha value is -3.49. The van der Waals surface area contributed by atoms with Gasteiger partial charge in [0.25, 0.3) is 0 Å². The molecule has 34 heavy (non-hydrogen) atoms. The van der Waals surface area contributed by atoms with Crippen LogP contribution in [-0.4, -0.2) is 41.8 Å². The number of carbonyl (C=O) groups excluding carboxylic acids is 1. The topological polar surface area (TPSA) is 110 Å². The number of fused-ring (bicyclic) bond motifs is 3. The molecule has 4 rings (SSSR count). The summed E-state index contributed by atoms with van der Waals surface area (Å²) in [6.45, 7) is -0.873. The van der Waals surface area contributed by atoms with Gasteiger partial charge in [0.2, 0.25) is 0 Å². The first kappa shape index (κ1) is 23.7. The molecule has 9 heteroatoms. The lowest BCUT2D eigenvalue weighted by Crippen LogP contribution is -2.22. The molecule has 1 heterocycles. The van der Waals surface area contributed by atoms with Crippen LogP contribution in [0.1, 0.15) is 17.9 Å². The summed E-state index contributed by atoms with van der Waals surface area (Å²) in [4.78, 5) is 37.8. The second kappa shape index (κ2) is 9.40. The zero-order valence-corrected chi connectivity index (χ0v) is 19.6. The monoisotopic (exact) mass is 500 g/mol. The van der Waals surface area contributed by atoms with Gasteiger partial charge in [-0.25, -0.2) is 4.79 Å². The fourth-order valence-electron chi connectivity index (χ4n) is 4.13. The Balaban J connectivity index is 1.88. The minimum atomic E-state index is -2.24. The molecule has 1 atom stereocenters. The van der Waals surface area contributed by atoms with Gasteiger partial charge >= 0.3 is 17.9 Å². The Bertz CT molecular complexity index is 1240. The summed E-state index contributed by atoms with van der Waals surface area (Å²) in [5.41, 5.74) is 2.30. The minimum absolute atomic E-state index is 0.271. The lowest BCUT2D eigenvalue weighted by Gasteiger charge is -2.32. The second-order valence-electron chi connectivity index (χ2n) is 7.59. The summed E-state index contributed by atoms with van der Waals surface area (Å²) in [5, 5.41) is 18.3. The van der Waals surface area contributed by atoms with Crippen LogP contribution in [0.15, 0.2) is 81.4 Å². The van der Waals surface area contributed by atoms with Crippen LogP contribution in [0.5, 0.6) is 5.75 Å². The molecule has 7 nitrogen and oxygen atoms in total. The van der Waals surface area contributed by atoms with E-state index < -0.39 is 46.1 Å². The predicted octanol–water partition coefficient (Wildman–Crippen LogP) is 5.30. The zero-order valence-electron chi connectivity index (χ0n) is 18.1. The van der Waals surface area contributed by atoms with Gasteiger partial charge in [0.15, 0.2) is 6.61 Å². The number of halogens is 1. The lowest BCUT2D eigenvalue weighted by atomic mass is 9.95. The second-order valence-corrected chi connectivity index (χ2v) is 11.4. The highest BCUT2D eigenvalue weighted by Gasteiger charge is 2.40. The number of esters is 1. The number of methoxy groups -OCH3 is 1.